The van der Waals surface area contributed by atoms with E-state index in [-0.39, 0.29) is 0 Å². The highest BCUT2D eigenvalue weighted by Gasteiger charge is 2.30. The molecule has 110 valence electrons. The van der Waals surface area contributed by atoms with Crippen LogP contribution in [-0.2, 0) is 0 Å². The third-order valence-corrected chi connectivity index (χ3v) is 4.32. The number of nitrogens with one attached hydrogen (secondary N) is 1. The second-order valence-corrected chi connectivity index (χ2v) is 6.18. The first kappa shape index (κ1) is 13.9. The van der Waals surface area contributed by atoms with Gasteiger partial charge in [-0.3, -0.25) is 4.90 Å². The van der Waals surface area contributed by atoms with Crippen LogP contribution < -0.4 is 10.1 Å². The zero-order valence-corrected chi connectivity index (χ0v) is 12.5. The van der Waals surface area contributed by atoms with E-state index in [1.165, 1.54) is 44.3 Å². The van der Waals surface area contributed by atoms with Gasteiger partial charge in [0, 0.05) is 25.2 Å². The molecule has 1 unspecified atom stereocenters. The van der Waals surface area contributed by atoms with E-state index in [0.717, 1.165) is 24.9 Å². The van der Waals surface area contributed by atoms with Crippen LogP contribution in [0.25, 0.3) is 0 Å². The molecule has 0 aromatic heterocycles. The summed E-state index contributed by atoms with van der Waals surface area (Å²) in [4.78, 5) is 2.62. The standard InChI is InChI=1S/C17H26N2O/c1-14-4-2-6-17(12-14)20-11-10-19(16-7-8-16)13-15-5-3-9-18-15/h2,4,6,12,15-16,18H,3,5,7-11,13H2,1H3. The SMILES string of the molecule is Cc1cccc(OCCN(CC2CCCN2)C2CC2)c1. The van der Waals surface area contributed by atoms with Gasteiger partial charge in [0.2, 0.25) is 0 Å². The van der Waals surface area contributed by atoms with Gasteiger partial charge in [-0.15, -0.1) is 0 Å². The Morgan fingerprint density at radius 3 is 2.90 bits per heavy atom. The maximum absolute atomic E-state index is 5.90. The molecule has 3 rings (SSSR count). The van der Waals surface area contributed by atoms with E-state index in [1.54, 1.807) is 0 Å². The molecule has 1 aromatic rings. The van der Waals surface area contributed by atoms with Crippen LogP contribution in [0.2, 0.25) is 0 Å². The molecule has 1 aromatic carbocycles. The zero-order valence-electron chi connectivity index (χ0n) is 12.5. The summed E-state index contributed by atoms with van der Waals surface area (Å²) in [6.45, 7) is 6.35. The van der Waals surface area contributed by atoms with Gasteiger partial charge in [-0.2, -0.15) is 0 Å². The fourth-order valence-corrected chi connectivity index (χ4v) is 3.04. The van der Waals surface area contributed by atoms with Crippen LogP contribution in [0.3, 0.4) is 0 Å². The second-order valence-electron chi connectivity index (χ2n) is 6.18. The molecule has 1 aliphatic carbocycles. The number of ether oxygens (including phenoxy) is 1. The molecular formula is C17H26N2O. The Kier molecular flexibility index (Phi) is 4.58. The second kappa shape index (κ2) is 6.59. The number of benzene rings is 1. The molecule has 1 atom stereocenters. The number of rotatable bonds is 7. The summed E-state index contributed by atoms with van der Waals surface area (Å²) in [6.07, 6.45) is 5.42. The van der Waals surface area contributed by atoms with Crippen molar-refractivity contribution < 1.29 is 4.74 Å². The van der Waals surface area contributed by atoms with Crippen molar-refractivity contribution in [3.05, 3.63) is 29.8 Å². The largest absolute Gasteiger partial charge is 0.492 e. The summed E-state index contributed by atoms with van der Waals surface area (Å²) >= 11 is 0. The number of nitrogens with zero attached hydrogens (tertiary/aromatic N) is 1. The highest BCUT2D eigenvalue weighted by molar-refractivity contribution is 5.27. The van der Waals surface area contributed by atoms with Crippen LogP contribution in [0.4, 0.5) is 0 Å². The molecule has 1 saturated carbocycles. The topological polar surface area (TPSA) is 24.5 Å². The third-order valence-electron chi connectivity index (χ3n) is 4.32. The maximum Gasteiger partial charge on any atom is 0.119 e. The summed E-state index contributed by atoms with van der Waals surface area (Å²) in [6, 6.07) is 9.85. The minimum Gasteiger partial charge on any atom is -0.492 e. The molecular weight excluding hydrogens is 248 g/mol. The van der Waals surface area contributed by atoms with Gasteiger partial charge in [0.15, 0.2) is 0 Å². The summed E-state index contributed by atoms with van der Waals surface area (Å²) in [5.41, 5.74) is 1.26. The van der Waals surface area contributed by atoms with Gasteiger partial charge in [0.05, 0.1) is 0 Å². The molecule has 0 radical (unpaired) electrons. The average Bonchev–Trinajstić information content (AvgIpc) is 3.16. The van der Waals surface area contributed by atoms with E-state index >= 15 is 0 Å². The van der Waals surface area contributed by atoms with E-state index in [0.29, 0.717) is 6.04 Å². The molecule has 1 saturated heterocycles. The van der Waals surface area contributed by atoms with Crippen molar-refractivity contribution in [2.75, 3.05) is 26.2 Å². The van der Waals surface area contributed by atoms with Gasteiger partial charge in [0.25, 0.3) is 0 Å². The molecule has 1 aliphatic heterocycles. The van der Waals surface area contributed by atoms with Gasteiger partial charge in [-0.25, -0.2) is 0 Å². The summed E-state index contributed by atoms with van der Waals surface area (Å²) in [7, 11) is 0. The minimum absolute atomic E-state index is 0.703. The van der Waals surface area contributed by atoms with Crippen molar-refractivity contribution >= 4 is 0 Å². The van der Waals surface area contributed by atoms with Crippen LogP contribution in [0.1, 0.15) is 31.2 Å². The van der Waals surface area contributed by atoms with Crippen LogP contribution >= 0.6 is 0 Å². The predicted octanol–water partition coefficient (Wildman–Crippen LogP) is 2.59. The van der Waals surface area contributed by atoms with Crippen LogP contribution in [0.15, 0.2) is 24.3 Å². The first-order valence-electron chi connectivity index (χ1n) is 7.98. The predicted molar refractivity (Wildman–Crippen MR) is 82.3 cm³/mol. The maximum atomic E-state index is 5.90. The van der Waals surface area contributed by atoms with Gasteiger partial charge < -0.3 is 10.1 Å². The summed E-state index contributed by atoms with van der Waals surface area (Å²) < 4.78 is 5.90. The van der Waals surface area contributed by atoms with Gasteiger partial charge in [0.1, 0.15) is 12.4 Å². The lowest BCUT2D eigenvalue weighted by molar-refractivity contribution is 0.189. The zero-order chi connectivity index (χ0) is 13.8. The molecule has 0 bridgehead atoms. The van der Waals surface area contributed by atoms with Gasteiger partial charge >= 0.3 is 0 Å². The Balaban J connectivity index is 1.44. The minimum atomic E-state index is 0.703. The Morgan fingerprint density at radius 1 is 1.30 bits per heavy atom. The van der Waals surface area contributed by atoms with Gasteiger partial charge in [-0.1, -0.05) is 12.1 Å². The molecule has 1 heterocycles. The van der Waals surface area contributed by atoms with Crippen molar-refractivity contribution in [1.82, 2.24) is 10.2 Å². The van der Waals surface area contributed by atoms with E-state index in [4.69, 9.17) is 4.74 Å². The molecule has 0 spiro atoms. The lowest BCUT2D eigenvalue weighted by atomic mass is 10.2. The van der Waals surface area contributed by atoms with Gasteiger partial charge in [-0.05, 0) is 56.8 Å². The van der Waals surface area contributed by atoms with Crippen molar-refractivity contribution in [3.8, 4) is 5.75 Å². The monoisotopic (exact) mass is 274 g/mol. The number of hydrogen-bond acceptors (Lipinski definition) is 3. The molecule has 3 heteroatoms. The third kappa shape index (κ3) is 3.97. The van der Waals surface area contributed by atoms with Crippen molar-refractivity contribution in [1.29, 1.82) is 0 Å². The number of hydrogen-bond donors (Lipinski definition) is 1. The number of aryl methyl sites for hydroxylation is 1. The van der Waals surface area contributed by atoms with E-state index < -0.39 is 0 Å². The first-order chi connectivity index (χ1) is 9.81. The quantitative estimate of drug-likeness (QED) is 0.827. The molecule has 20 heavy (non-hydrogen) atoms. The Morgan fingerprint density at radius 2 is 2.20 bits per heavy atom. The molecule has 3 nitrogen and oxygen atoms in total. The highest BCUT2D eigenvalue weighted by atomic mass is 16.5. The first-order valence-corrected chi connectivity index (χ1v) is 7.98. The lowest BCUT2D eigenvalue weighted by Crippen LogP contribution is -2.40. The van der Waals surface area contributed by atoms with Crippen molar-refractivity contribution in [3.63, 3.8) is 0 Å². The Bertz CT molecular complexity index is 425. The summed E-state index contributed by atoms with van der Waals surface area (Å²) in [5, 5.41) is 3.60. The highest BCUT2D eigenvalue weighted by Crippen LogP contribution is 2.27. The smallest absolute Gasteiger partial charge is 0.119 e. The van der Waals surface area contributed by atoms with E-state index in [1.807, 2.05) is 6.07 Å². The summed E-state index contributed by atoms with van der Waals surface area (Å²) in [5.74, 6) is 1.000. The fraction of sp³-hybridized carbons (Fsp3) is 0.647. The fourth-order valence-electron chi connectivity index (χ4n) is 3.04. The molecule has 1 N–H and O–H groups in total. The van der Waals surface area contributed by atoms with E-state index in [2.05, 4.69) is 35.3 Å². The Labute approximate surface area is 122 Å². The van der Waals surface area contributed by atoms with E-state index in [9.17, 15) is 0 Å². The molecule has 0 amide bonds. The average molecular weight is 274 g/mol. The van der Waals surface area contributed by atoms with Crippen LogP contribution in [0.5, 0.6) is 5.75 Å². The van der Waals surface area contributed by atoms with Crippen molar-refractivity contribution in [2.24, 2.45) is 0 Å². The lowest BCUT2D eigenvalue weighted by Gasteiger charge is -2.25. The van der Waals surface area contributed by atoms with Crippen LogP contribution in [0, 0.1) is 6.92 Å². The Hall–Kier alpha value is -1.06. The molecule has 2 fully saturated rings. The normalized spacial score (nSPS) is 22.4. The molecule has 2 aliphatic rings. The van der Waals surface area contributed by atoms with Crippen molar-refractivity contribution in [2.45, 2.75) is 44.7 Å². The van der Waals surface area contributed by atoms with Crippen LogP contribution in [-0.4, -0.2) is 43.2 Å².